The van der Waals surface area contributed by atoms with Gasteiger partial charge in [-0.2, -0.15) is 0 Å². The van der Waals surface area contributed by atoms with Crippen LogP contribution in [0.4, 0.5) is 5.69 Å². The Bertz CT molecular complexity index is 946. The van der Waals surface area contributed by atoms with Crippen molar-refractivity contribution >= 4 is 31.3 Å². The Morgan fingerprint density at radius 2 is 1.39 bits per heavy atom. The predicted molar refractivity (Wildman–Crippen MR) is 87.1 cm³/mol. The molecule has 0 heterocycles. The summed E-state index contributed by atoms with van der Waals surface area (Å²) in [6.07, 6.45) is 2.13. The van der Waals surface area contributed by atoms with Gasteiger partial charge in [0, 0.05) is 18.1 Å². The highest BCUT2D eigenvalue weighted by atomic mass is 32.2. The lowest BCUT2D eigenvalue weighted by molar-refractivity contribution is 0.102. The second-order valence-electron chi connectivity index (χ2n) is 5.02. The minimum absolute atomic E-state index is 0.0149. The first kappa shape index (κ1) is 17.2. The number of para-hydroxylation sites is 1. The third-order valence-electron chi connectivity index (χ3n) is 3.08. The van der Waals surface area contributed by atoms with E-state index < -0.39 is 25.6 Å². The average Bonchev–Trinajstić information content (AvgIpc) is 2.46. The van der Waals surface area contributed by atoms with E-state index in [0.717, 1.165) is 12.5 Å². The van der Waals surface area contributed by atoms with Crippen molar-refractivity contribution in [1.82, 2.24) is 0 Å². The predicted octanol–water partition coefficient (Wildman–Crippen LogP) is 1.75. The van der Waals surface area contributed by atoms with E-state index >= 15 is 0 Å². The molecule has 0 unspecified atom stereocenters. The fourth-order valence-electron chi connectivity index (χ4n) is 1.94. The summed E-state index contributed by atoms with van der Waals surface area (Å²) in [5, 5.41) is 2.52. The summed E-state index contributed by atoms with van der Waals surface area (Å²) in [6, 6.07) is 11.4. The van der Waals surface area contributed by atoms with E-state index in [-0.39, 0.29) is 21.0 Å². The van der Waals surface area contributed by atoms with Crippen LogP contribution in [0.5, 0.6) is 0 Å². The maximum atomic E-state index is 12.2. The molecule has 0 bridgehead atoms. The summed E-state index contributed by atoms with van der Waals surface area (Å²) in [5.41, 5.74) is 0.396. The number of rotatable bonds is 4. The zero-order valence-electron chi connectivity index (χ0n) is 12.5. The summed E-state index contributed by atoms with van der Waals surface area (Å²) in [4.78, 5) is 12.3. The molecule has 0 atom stereocenters. The van der Waals surface area contributed by atoms with Gasteiger partial charge in [0.15, 0.2) is 19.7 Å². The average molecular weight is 353 g/mol. The number of benzene rings is 2. The number of carbonyl (C=O) groups is 1. The molecular weight excluding hydrogens is 338 g/mol. The second kappa shape index (κ2) is 6.13. The van der Waals surface area contributed by atoms with Crippen LogP contribution in [0.15, 0.2) is 58.3 Å². The zero-order valence-corrected chi connectivity index (χ0v) is 14.1. The SMILES string of the molecule is CS(=O)(=O)c1ccc(C(=O)Nc2ccccc2S(C)(=O)=O)cc1. The fraction of sp³-hybridized carbons (Fsp3) is 0.133. The van der Waals surface area contributed by atoms with Crippen molar-refractivity contribution in [3.05, 3.63) is 54.1 Å². The van der Waals surface area contributed by atoms with E-state index in [1.54, 1.807) is 12.1 Å². The summed E-state index contributed by atoms with van der Waals surface area (Å²) >= 11 is 0. The van der Waals surface area contributed by atoms with Gasteiger partial charge < -0.3 is 5.32 Å². The third-order valence-corrected chi connectivity index (χ3v) is 5.36. The molecule has 2 aromatic carbocycles. The molecule has 0 aromatic heterocycles. The molecule has 0 saturated carbocycles. The van der Waals surface area contributed by atoms with Crippen LogP contribution in [0.3, 0.4) is 0 Å². The number of hydrogen-bond donors (Lipinski definition) is 1. The van der Waals surface area contributed by atoms with Crippen LogP contribution in [-0.2, 0) is 19.7 Å². The Balaban J connectivity index is 2.31. The first-order valence-corrected chi connectivity index (χ1v) is 10.3. The van der Waals surface area contributed by atoms with Crippen LogP contribution in [0, 0.1) is 0 Å². The normalized spacial score (nSPS) is 11.9. The Hall–Kier alpha value is -2.19. The second-order valence-corrected chi connectivity index (χ2v) is 9.02. The highest BCUT2D eigenvalue weighted by Gasteiger charge is 2.16. The van der Waals surface area contributed by atoms with Gasteiger partial charge in [-0.1, -0.05) is 12.1 Å². The van der Waals surface area contributed by atoms with Crippen LogP contribution in [0.1, 0.15) is 10.4 Å². The maximum absolute atomic E-state index is 12.2. The molecule has 0 spiro atoms. The van der Waals surface area contributed by atoms with Gasteiger partial charge in [0.2, 0.25) is 0 Å². The van der Waals surface area contributed by atoms with Crippen LogP contribution in [-0.4, -0.2) is 35.3 Å². The smallest absolute Gasteiger partial charge is 0.255 e. The number of sulfone groups is 2. The topological polar surface area (TPSA) is 97.4 Å². The van der Waals surface area contributed by atoms with Crippen molar-refractivity contribution in [3.63, 3.8) is 0 Å². The van der Waals surface area contributed by atoms with E-state index in [2.05, 4.69) is 5.32 Å². The van der Waals surface area contributed by atoms with Crippen molar-refractivity contribution < 1.29 is 21.6 Å². The lowest BCUT2D eigenvalue weighted by Gasteiger charge is -2.10. The van der Waals surface area contributed by atoms with Gasteiger partial charge in [0.25, 0.3) is 5.91 Å². The van der Waals surface area contributed by atoms with Gasteiger partial charge >= 0.3 is 0 Å². The van der Waals surface area contributed by atoms with Crippen molar-refractivity contribution in [2.45, 2.75) is 9.79 Å². The first-order valence-electron chi connectivity index (χ1n) is 6.49. The minimum Gasteiger partial charge on any atom is -0.321 e. The molecule has 0 aliphatic heterocycles. The lowest BCUT2D eigenvalue weighted by atomic mass is 10.2. The minimum atomic E-state index is -3.48. The van der Waals surface area contributed by atoms with E-state index in [9.17, 15) is 21.6 Å². The zero-order chi connectivity index (χ0) is 17.3. The molecule has 0 saturated heterocycles. The quantitative estimate of drug-likeness (QED) is 0.903. The van der Waals surface area contributed by atoms with Crippen LogP contribution in [0.2, 0.25) is 0 Å². The monoisotopic (exact) mass is 353 g/mol. The summed E-state index contributed by atoms with van der Waals surface area (Å²) in [7, 11) is -6.82. The van der Waals surface area contributed by atoms with Gasteiger partial charge in [-0.15, -0.1) is 0 Å². The molecule has 122 valence electrons. The Morgan fingerprint density at radius 3 is 1.91 bits per heavy atom. The molecule has 2 aromatic rings. The van der Waals surface area contributed by atoms with Gasteiger partial charge in [-0.05, 0) is 36.4 Å². The Kier molecular flexibility index (Phi) is 4.58. The summed E-state index contributed by atoms with van der Waals surface area (Å²) in [5.74, 6) is -0.527. The van der Waals surface area contributed by atoms with Crippen molar-refractivity contribution in [2.24, 2.45) is 0 Å². The Labute approximate surface area is 135 Å². The van der Waals surface area contributed by atoms with Gasteiger partial charge in [0.05, 0.1) is 15.5 Å². The first-order chi connectivity index (χ1) is 10.6. The molecule has 1 amide bonds. The Morgan fingerprint density at radius 1 is 0.826 bits per heavy atom. The number of hydrogen-bond acceptors (Lipinski definition) is 5. The van der Waals surface area contributed by atoms with E-state index in [1.807, 2.05) is 0 Å². The highest BCUT2D eigenvalue weighted by molar-refractivity contribution is 7.91. The van der Waals surface area contributed by atoms with Crippen molar-refractivity contribution in [3.8, 4) is 0 Å². The number of amides is 1. The molecule has 0 radical (unpaired) electrons. The largest absolute Gasteiger partial charge is 0.321 e. The molecule has 8 heteroatoms. The van der Waals surface area contributed by atoms with Gasteiger partial charge in [0.1, 0.15) is 0 Å². The standard InChI is InChI=1S/C15H15NO5S2/c1-22(18,19)12-9-7-11(8-10-12)15(17)16-13-5-3-4-6-14(13)23(2,20)21/h3-10H,1-2H3,(H,16,17). The van der Waals surface area contributed by atoms with Crippen LogP contribution >= 0.6 is 0 Å². The lowest BCUT2D eigenvalue weighted by Crippen LogP contribution is -2.14. The van der Waals surface area contributed by atoms with E-state index in [4.69, 9.17) is 0 Å². The summed E-state index contributed by atoms with van der Waals surface area (Å²) in [6.45, 7) is 0. The molecular formula is C15H15NO5S2. The maximum Gasteiger partial charge on any atom is 0.255 e. The number of nitrogens with one attached hydrogen (secondary N) is 1. The van der Waals surface area contributed by atoms with Gasteiger partial charge in [-0.3, -0.25) is 4.79 Å². The van der Waals surface area contributed by atoms with Crippen LogP contribution in [0.25, 0.3) is 0 Å². The number of anilines is 1. The number of carbonyl (C=O) groups excluding carboxylic acids is 1. The molecule has 2 rings (SSSR count). The van der Waals surface area contributed by atoms with Crippen molar-refractivity contribution in [2.75, 3.05) is 17.8 Å². The molecule has 23 heavy (non-hydrogen) atoms. The summed E-state index contributed by atoms with van der Waals surface area (Å²) < 4.78 is 46.2. The van der Waals surface area contributed by atoms with Gasteiger partial charge in [-0.25, -0.2) is 16.8 Å². The van der Waals surface area contributed by atoms with E-state index in [1.165, 1.54) is 36.4 Å². The van der Waals surface area contributed by atoms with E-state index in [0.29, 0.717) is 0 Å². The third kappa shape index (κ3) is 4.17. The fourth-order valence-corrected chi connectivity index (χ4v) is 3.42. The molecule has 0 fully saturated rings. The highest BCUT2D eigenvalue weighted by Crippen LogP contribution is 2.21. The molecule has 6 nitrogen and oxygen atoms in total. The molecule has 0 aliphatic rings. The molecule has 1 N–H and O–H groups in total. The van der Waals surface area contributed by atoms with Crippen molar-refractivity contribution in [1.29, 1.82) is 0 Å². The van der Waals surface area contributed by atoms with Crippen LogP contribution < -0.4 is 5.32 Å². The molecule has 0 aliphatic carbocycles.